The van der Waals surface area contributed by atoms with Gasteiger partial charge < -0.3 is 5.84 Å². The highest BCUT2D eigenvalue weighted by Crippen LogP contribution is 1.83. The molecule has 0 atom stereocenters. The third kappa shape index (κ3) is 2.91. The molecule has 0 aromatic rings. The molecule has 0 radical (unpaired) electrons. The van der Waals surface area contributed by atoms with E-state index in [0.717, 1.165) is 11.4 Å². The van der Waals surface area contributed by atoms with Crippen LogP contribution in [0.25, 0.3) is 0 Å². The largest absolute Gasteiger partial charge is 0.303 e. The molecule has 0 aliphatic rings. The fourth-order valence-electron chi connectivity index (χ4n) is 0.327. The van der Waals surface area contributed by atoms with Gasteiger partial charge in [0.2, 0.25) is 0 Å². The second-order valence-corrected chi connectivity index (χ2v) is 1.70. The van der Waals surface area contributed by atoms with E-state index in [9.17, 15) is 0 Å². The molecule has 0 aromatic heterocycles. The molecule has 10 heavy (non-hydrogen) atoms. The van der Waals surface area contributed by atoms with Crippen LogP contribution in [-0.4, -0.2) is 18.5 Å². The molecule has 56 valence electrons. The lowest BCUT2D eigenvalue weighted by Gasteiger charge is -1.91. The number of hydrogen-bond acceptors (Lipinski definition) is 3. The first kappa shape index (κ1) is 8.74. The Bertz CT molecular complexity index is 178. The predicted octanol–water partition coefficient (Wildman–Crippen LogP) is 0.779. The van der Waals surface area contributed by atoms with Gasteiger partial charge in [-0.15, -0.1) is 5.10 Å². The van der Waals surface area contributed by atoms with Gasteiger partial charge in [0.25, 0.3) is 0 Å². The number of hydrogen-bond donors (Lipinski definition) is 1. The summed E-state index contributed by atoms with van der Waals surface area (Å²) in [6, 6.07) is 0. The van der Waals surface area contributed by atoms with Gasteiger partial charge in [-0.05, 0) is 19.1 Å². The van der Waals surface area contributed by atoms with E-state index in [4.69, 9.17) is 5.84 Å². The summed E-state index contributed by atoms with van der Waals surface area (Å²) in [4.78, 5) is 3.88. The molecule has 0 spiro atoms. The fourth-order valence-corrected chi connectivity index (χ4v) is 0.327. The zero-order valence-corrected chi connectivity index (χ0v) is 6.37. The minimum atomic E-state index is 0.719. The molecule has 0 saturated heterocycles. The first-order chi connectivity index (χ1) is 4.72. The smallest absolute Gasteiger partial charge is 0.0825 e. The summed E-state index contributed by atoms with van der Waals surface area (Å²) in [5.74, 6) is 4.73. The Kier molecular flexibility index (Phi) is 4.02. The summed E-state index contributed by atoms with van der Waals surface area (Å²) >= 11 is 0. The van der Waals surface area contributed by atoms with Gasteiger partial charge in [-0.25, -0.2) is 0 Å². The van der Waals surface area contributed by atoms with Crippen molar-refractivity contribution >= 4 is 11.4 Å². The molecule has 0 aliphatic carbocycles. The van der Waals surface area contributed by atoms with Crippen molar-refractivity contribution in [1.82, 2.24) is 0 Å². The lowest BCUT2D eigenvalue weighted by molar-refractivity contribution is 0.957. The van der Waals surface area contributed by atoms with E-state index in [2.05, 4.69) is 20.5 Å². The summed E-state index contributed by atoms with van der Waals surface area (Å²) in [6.07, 6.45) is 0. The molecule has 0 aliphatic heterocycles. The van der Waals surface area contributed by atoms with Crippen LogP contribution in [-0.2, 0) is 0 Å². The van der Waals surface area contributed by atoms with Crippen LogP contribution in [0.2, 0.25) is 0 Å². The lowest BCUT2D eigenvalue weighted by atomic mass is 10.3. The molecule has 0 rings (SSSR count). The second kappa shape index (κ2) is 4.60. The molecule has 0 aromatic carbocycles. The average Bonchev–Trinajstić information content (AvgIpc) is 1.98. The Morgan fingerprint density at radius 1 is 1.20 bits per heavy atom. The van der Waals surface area contributed by atoms with Crippen LogP contribution in [0.15, 0.2) is 20.5 Å². The van der Waals surface area contributed by atoms with Gasteiger partial charge in [0, 0.05) is 7.05 Å². The third-order valence-corrected chi connectivity index (χ3v) is 1.11. The highest BCUT2D eigenvalue weighted by molar-refractivity contribution is 6.40. The van der Waals surface area contributed by atoms with Gasteiger partial charge in [0.15, 0.2) is 0 Å². The molecule has 0 fully saturated rings. The standard InChI is InChI=1S/C5H11N5/c1-4(7-3)5(2)8-10-9-6/h1-3H3,(H2,6,10). The van der Waals surface area contributed by atoms with Crippen molar-refractivity contribution < 1.29 is 0 Å². The summed E-state index contributed by atoms with van der Waals surface area (Å²) in [5, 5.41) is 9.86. The van der Waals surface area contributed by atoms with E-state index in [1.165, 1.54) is 0 Å². The van der Waals surface area contributed by atoms with Crippen LogP contribution < -0.4 is 5.84 Å². The molecule has 0 amide bonds. The third-order valence-electron chi connectivity index (χ3n) is 1.11. The highest BCUT2D eigenvalue weighted by atomic mass is 15.5. The minimum absolute atomic E-state index is 0.719. The van der Waals surface area contributed by atoms with E-state index in [0.29, 0.717) is 0 Å². The van der Waals surface area contributed by atoms with Gasteiger partial charge >= 0.3 is 0 Å². The molecular formula is C5H11N5. The molecule has 5 nitrogen and oxygen atoms in total. The number of rotatable bonds is 2. The van der Waals surface area contributed by atoms with Crippen molar-refractivity contribution in [3.8, 4) is 0 Å². The highest BCUT2D eigenvalue weighted by Gasteiger charge is 1.92. The maximum Gasteiger partial charge on any atom is 0.0825 e. The summed E-state index contributed by atoms with van der Waals surface area (Å²) < 4.78 is 0. The quantitative estimate of drug-likeness (QED) is 0.262. The minimum Gasteiger partial charge on any atom is -0.303 e. The molecule has 0 saturated carbocycles. The van der Waals surface area contributed by atoms with E-state index >= 15 is 0 Å². The zero-order chi connectivity index (χ0) is 7.98. The summed E-state index contributed by atoms with van der Waals surface area (Å²) in [6.45, 7) is 3.63. The number of nitrogens with zero attached hydrogens (tertiary/aromatic N) is 4. The topological polar surface area (TPSA) is 75.5 Å². The number of nitrogens with two attached hydrogens (primary N) is 1. The number of aliphatic imine (C=N–C) groups is 1. The van der Waals surface area contributed by atoms with Crippen molar-refractivity contribution in [3.05, 3.63) is 0 Å². The SMILES string of the molecule is CN=C(C)C(C)=NN=NN. The van der Waals surface area contributed by atoms with Gasteiger partial charge in [-0.1, -0.05) is 5.22 Å². The Hall–Kier alpha value is -1.26. The lowest BCUT2D eigenvalue weighted by Crippen LogP contribution is -2.04. The van der Waals surface area contributed by atoms with Crippen LogP contribution in [0.1, 0.15) is 13.8 Å². The normalized spacial score (nSPS) is 14.7. The molecular weight excluding hydrogens is 130 g/mol. The Balaban J connectivity index is 4.19. The maximum atomic E-state index is 4.73. The van der Waals surface area contributed by atoms with Crippen LogP contribution in [0.4, 0.5) is 0 Å². The van der Waals surface area contributed by atoms with E-state index < -0.39 is 0 Å². The van der Waals surface area contributed by atoms with Crippen molar-refractivity contribution in [2.45, 2.75) is 13.8 Å². The fraction of sp³-hybridized carbons (Fsp3) is 0.600. The monoisotopic (exact) mass is 141 g/mol. The van der Waals surface area contributed by atoms with Gasteiger partial charge in [-0.2, -0.15) is 0 Å². The van der Waals surface area contributed by atoms with Crippen molar-refractivity contribution in [3.63, 3.8) is 0 Å². The Labute approximate surface area is 59.7 Å². The summed E-state index contributed by atoms with van der Waals surface area (Å²) in [7, 11) is 1.69. The molecule has 5 heteroatoms. The van der Waals surface area contributed by atoms with E-state index in [-0.39, 0.29) is 0 Å². The van der Waals surface area contributed by atoms with Gasteiger partial charge in [0.1, 0.15) is 0 Å². The van der Waals surface area contributed by atoms with Crippen molar-refractivity contribution in [1.29, 1.82) is 0 Å². The Morgan fingerprint density at radius 3 is 2.20 bits per heavy atom. The van der Waals surface area contributed by atoms with Crippen LogP contribution in [0.3, 0.4) is 0 Å². The van der Waals surface area contributed by atoms with E-state index in [1.807, 2.05) is 6.92 Å². The average molecular weight is 141 g/mol. The van der Waals surface area contributed by atoms with E-state index in [1.54, 1.807) is 14.0 Å². The first-order valence-electron chi connectivity index (χ1n) is 2.80. The van der Waals surface area contributed by atoms with Crippen LogP contribution in [0, 0.1) is 0 Å². The van der Waals surface area contributed by atoms with Gasteiger partial charge in [-0.3, -0.25) is 4.99 Å². The first-order valence-corrected chi connectivity index (χ1v) is 2.80. The van der Waals surface area contributed by atoms with Gasteiger partial charge in [0.05, 0.1) is 11.4 Å². The van der Waals surface area contributed by atoms with Crippen LogP contribution >= 0.6 is 0 Å². The Morgan fingerprint density at radius 2 is 1.80 bits per heavy atom. The van der Waals surface area contributed by atoms with Crippen molar-refractivity contribution in [2.24, 2.45) is 26.4 Å². The summed E-state index contributed by atoms with van der Waals surface area (Å²) in [5.41, 5.74) is 1.55. The molecule has 0 unspecified atom stereocenters. The molecule has 0 bridgehead atoms. The van der Waals surface area contributed by atoms with Crippen molar-refractivity contribution in [2.75, 3.05) is 7.05 Å². The molecule has 0 heterocycles. The molecule has 2 N–H and O–H groups in total. The van der Waals surface area contributed by atoms with Crippen LogP contribution in [0.5, 0.6) is 0 Å². The second-order valence-electron chi connectivity index (χ2n) is 1.70. The zero-order valence-electron chi connectivity index (χ0n) is 6.37. The predicted molar refractivity (Wildman–Crippen MR) is 41.2 cm³/mol. The maximum absolute atomic E-state index is 4.73.